The molecule has 2 aromatic rings. The van der Waals surface area contributed by atoms with Crippen molar-refractivity contribution in [2.75, 3.05) is 25.4 Å². The van der Waals surface area contributed by atoms with Crippen LogP contribution in [0.3, 0.4) is 0 Å². The summed E-state index contributed by atoms with van der Waals surface area (Å²) < 4.78 is 43.7. The van der Waals surface area contributed by atoms with Crippen LogP contribution in [0.1, 0.15) is 26.3 Å². The molecule has 0 radical (unpaired) electrons. The number of sulfone groups is 1. The van der Waals surface area contributed by atoms with Crippen LogP contribution >= 0.6 is 24.0 Å². The van der Waals surface area contributed by atoms with Gasteiger partial charge in [0.1, 0.15) is 5.75 Å². The van der Waals surface area contributed by atoms with E-state index >= 15 is 0 Å². The molecule has 1 aromatic carbocycles. The predicted octanol–water partition coefficient (Wildman–Crippen LogP) is 3.61. The summed E-state index contributed by atoms with van der Waals surface area (Å²) in [5.41, 5.74) is 0.685. The molecule has 1 N–H and O–H groups in total. The van der Waals surface area contributed by atoms with Crippen LogP contribution in [0.5, 0.6) is 11.5 Å². The number of rotatable bonds is 5. The van der Waals surface area contributed by atoms with Gasteiger partial charge in [-0.15, -0.1) is 24.0 Å². The third-order valence-corrected chi connectivity index (χ3v) is 7.48. The van der Waals surface area contributed by atoms with E-state index in [4.69, 9.17) is 4.74 Å². The molecule has 1 aliphatic rings. The number of hydrogen-bond acceptors (Lipinski definition) is 5. The Morgan fingerprint density at radius 1 is 1.35 bits per heavy atom. The van der Waals surface area contributed by atoms with Crippen LogP contribution in [0.2, 0.25) is 0 Å². The van der Waals surface area contributed by atoms with E-state index in [2.05, 4.69) is 15.3 Å². The highest BCUT2D eigenvalue weighted by Gasteiger charge is 2.40. The van der Waals surface area contributed by atoms with Crippen LogP contribution in [0.4, 0.5) is 4.39 Å². The van der Waals surface area contributed by atoms with Crippen molar-refractivity contribution in [3.8, 4) is 11.5 Å². The van der Waals surface area contributed by atoms with Crippen molar-refractivity contribution in [1.29, 1.82) is 0 Å². The number of aromatic nitrogens is 1. The quantitative estimate of drug-likeness (QED) is 0.341. The summed E-state index contributed by atoms with van der Waals surface area (Å²) in [6.45, 7) is 7.05. The van der Waals surface area contributed by atoms with E-state index in [9.17, 15) is 12.8 Å². The normalized spacial score (nSPS) is 17.5. The lowest BCUT2D eigenvalue weighted by molar-refractivity contribution is 0.353. The first-order valence-corrected chi connectivity index (χ1v) is 11.5. The van der Waals surface area contributed by atoms with Gasteiger partial charge in [0.2, 0.25) is 0 Å². The lowest BCUT2D eigenvalue weighted by atomic mass is 10.2. The van der Waals surface area contributed by atoms with Crippen molar-refractivity contribution < 1.29 is 17.5 Å². The Balaban J connectivity index is 0.00000341. The average molecular weight is 562 g/mol. The highest BCUT2D eigenvalue weighted by Crippen LogP contribution is 2.26. The number of halogens is 2. The molecule has 0 spiro atoms. The van der Waals surface area contributed by atoms with Gasteiger partial charge in [0, 0.05) is 25.8 Å². The van der Waals surface area contributed by atoms with Gasteiger partial charge in [0.25, 0.3) is 0 Å². The predicted molar refractivity (Wildman–Crippen MR) is 130 cm³/mol. The summed E-state index contributed by atoms with van der Waals surface area (Å²) >= 11 is 0. The minimum Gasteiger partial charge on any atom is -0.453 e. The van der Waals surface area contributed by atoms with Gasteiger partial charge in [-0.3, -0.25) is 4.98 Å². The summed E-state index contributed by atoms with van der Waals surface area (Å²) in [4.78, 5) is 10.5. The molecule has 7 nitrogen and oxygen atoms in total. The maximum Gasteiger partial charge on any atom is 0.194 e. The Labute approximate surface area is 200 Å². The highest BCUT2D eigenvalue weighted by atomic mass is 127. The highest BCUT2D eigenvalue weighted by molar-refractivity contribution is 14.0. The fraction of sp³-hybridized carbons (Fsp3) is 0.429. The Bertz CT molecular complexity index is 1020. The van der Waals surface area contributed by atoms with Crippen LogP contribution < -0.4 is 10.1 Å². The second kappa shape index (κ2) is 10.6. The third kappa shape index (κ3) is 6.28. The molecule has 3 rings (SSSR count). The molecule has 2 heterocycles. The van der Waals surface area contributed by atoms with E-state index in [-0.39, 0.29) is 42.0 Å². The molecule has 1 aromatic heterocycles. The lowest BCUT2D eigenvalue weighted by Gasteiger charge is -2.39. The average Bonchev–Trinajstić information content (AvgIpc) is 2.70. The Kier molecular flexibility index (Phi) is 8.64. The zero-order chi connectivity index (χ0) is 21.8. The summed E-state index contributed by atoms with van der Waals surface area (Å²) in [5.74, 6) is 0.794. The maximum absolute atomic E-state index is 14.5. The van der Waals surface area contributed by atoms with Crippen LogP contribution in [-0.4, -0.2) is 54.4 Å². The van der Waals surface area contributed by atoms with E-state index in [1.807, 2.05) is 11.8 Å². The van der Waals surface area contributed by atoms with E-state index in [0.717, 1.165) is 0 Å². The van der Waals surface area contributed by atoms with Gasteiger partial charge in [-0.05, 0) is 50.6 Å². The van der Waals surface area contributed by atoms with Crippen molar-refractivity contribution in [2.45, 2.75) is 32.1 Å². The van der Waals surface area contributed by atoms with Crippen molar-refractivity contribution in [1.82, 2.24) is 15.2 Å². The van der Waals surface area contributed by atoms with Crippen LogP contribution in [0, 0.1) is 5.82 Å². The van der Waals surface area contributed by atoms with E-state index in [1.54, 1.807) is 44.3 Å². The van der Waals surface area contributed by atoms with E-state index in [1.165, 1.54) is 12.3 Å². The van der Waals surface area contributed by atoms with Crippen molar-refractivity contribution in [3.05, 3.63) is 54.1 Å². The Morgan fingerprint density at radius 2 is 2.13 bits per heavy atom. The lowest BCUT2D eigenvalue weighted by Crippen LogP contribution is -2.57. The van der Waals surface area contributed by atoms with Gasteiger partial charge < -0.3 is 15.0 Å². The molecule has 1 fully saturated rings. The van der Waals surface area contributed by atoms with Crippen LogP contribution in [0.15, 0.2) is 47.7 Å². The molecule has 0 atom stereocenters. The number of nitrogens with one attached hydrogen (secondary N) is 1. The number of hydrogen-bond donors (Lipinski definition) is 1. The van der Waals surface area contributed by atoms with Gasteiger partial charge in [0.15, 0.2) is 27.4 Å². The fourth-order valence-corrected chi connectivity index (χ4v) is 4.54. The Morgan fingerprint density at radius 3 is 2.74 bits per heavy atom. The molecular formula is C21H28FIN4O3S. The summed E-state index contributed by atoms with van der Waals surface area (Å²) in [7, 11) is -3.14. The molecule has 1 saturated heterocycles. The topological polar surface area (TPSA) is 83.9 Å². The van der Waals surface area contributed by atoms with Gasteiger partial charge in [-0.2, -0.15) is 0 Å². The maximum atomic E-state index is 14.5. The van der Waals surface area contributed by atoms with Crippen molar-refractivity contribution in [3.63, 3.8) is 0 Å². The zero-order valence-corrected chi connectivity index (χ0v) is 21.0. The van der Waals surface area contributed by atoms with Gasteiger partial charge >= 0.3 is 0 Å². The van der Waals surface area contributed by atoms with E-state index < -0.39 is 20.4 Å². The number of ether oxygens (including phenoxy) is 1. The second-order valence-electron chi connectivity index (χ2n) is 7.73. The number of aliphatic imine (C=N–C) groups is 1. The standard InChI is InChI=1S/C21H27FN4O3S.HI/c1-4-24-20(26-10-11-30(27,28)21(2,3)15-26)25-13-16-7-8-19(18(22)12-16)29-17-6-5-9-23-14-17;/h5-9,12,14H,4,10-11,13,15H2,1-3H3,(H,24,25);1H. The SMILES string of the molecule is CCNC(=NCc1ccc(Oc2cccnc2)c(F)c1)N1CCS(=O)(=O)C(C)(C)C1.I. The van der Waals surface area contributed by atoms with E-state index in [0.29, 0.717) is 36.9 Å². The molecule has 0 unspecified atom stereocenters. The first-order chi connectivity index (χ1) is 14.2. The van der Waals surface area contributed by atoms with Gasteiger partial charge in [-0.25, -0.2) is 17.8 Å². The Hall–Kier alpha value is -1.95. The molecule has 0 amide bonds. The molecular weight excluding hydrogens is 534 g/mol. The first kappa shape index (κ1) is 25.3. The largest absolute Gasteiger partial charge is 0.453 e. The smallest absolute Gasteiger partial charge is 0.194 e. The molecule has 31 heavy (non-hydrogen) atoms. The van der Waals surface area contributed by atoms with Crippen molar-refractivity contribution in [2.24, 2.45) is 4.99 Å². The zero-order valence-electron chi connectivity index (χ0n) is 17.8. The summed E-state index contributed by atoms with van der Waals surface area (Å²) in [6.07, 6.45) is 3.13. The first-order valence-electron chi connectivity index (χ1n) is 9.84. The number of guanidine groups is 1. The second-order valence-corrected chi connectivity index (χ2v) is 10.5. The van der Waals surface area contributed by atoms with Gasteiger partial charge in [-0.1, -0.05) is 6.07 Å². The van der Waals surface area contributed by atoms with Crippen LogP contribution in [0.25, 0.3) is 0 Å². The molecule has 0 saturated carbocycles. The van der Waals surface area contributed by atoms with Crippen LogP contribution in [-0.2, 0) is 16.4 Å². The minimum atomic E-state index is -3.14. The molecule has 10 heteroatoms. The number of benzene rings is 1. The van der Waals surface area contributed by atoms with Gasteiger partial charge in [0.05, 0.1) is 23.2 Å². The fourth-order valence-electron chi connectivity index (χ4n) is 3.18. The minimum absolute atomic E-state index is 0. The molecule has 0 aliphatic carbocycles. The monoisotopic (exact) mass is 562 g/mol. The molecule has 0 bridgehead atoms. The number of nitrogens with zero attached hydrogens (tertiary/aromatic N) is 3. The number of pyridine rings is 1. The molecule has 170 valence electrons. The third-order valence-electron chi connectivity index (χ3n) is 4.95. The summed E-state index contributed by atoms with van der Waals surface area (Å²) in [5, 5.41) is 3.20. The summed E-state index contributed by atoms with van der Waals surface area (Å²) in [6, 6.07) is 8.13. The van der Waals surface area contributed by atoms with Crippen molar-refractivity contribution >= 4 is 39.8 Å². The molecule has 1 aliphatic heterocycles.